The van der Waals surface area contributed by atoms with E-state index in [1.54, 1.807) is 0 Å². The summed E-state index contributed by atoms with van der Waals surface area (Å²) in [6, 6.07) is 8.62. The highest BCUT2D eigenvalue weighted by molar-refractivity contribution is 5.84. The number of likely N-dealkylation sites (tertiary alicyclic amines) is 1. The van der Waals surface area contributed by atoms with Crippen LogP contribution in [0.15, 0.2) is 24.3 Å². The van der Waals surface area contributed by atoms with E-state index in [1.807, 2.05) is 0 Å². The molecule has 180 valence electrons. The molecule has 2 N–H and O–H groups in total. The van der Waals surface area contributed by atoms with Crippen LogP contribution in [0.5, 0.6) is 0 Å². The van der Waals surface area contributed by atoms with Crippen molar-refractivity contribution in [2.24, 2.45) is 29.1 Å². The number of carbonyl (C=O) groups is 2. The second-order valence-corrected chi connectivity index (χ2v) is 11.8. The first-order valence-corrected chi connectivity index (χ1v) is 13.3. The zero-order valence-corrected chi connectivity index (χ0v) is 20.3. The van der Waals surface area contributed by atoms with Gasteiger partial charge in [-0.25, -0.2) is 0 Å². The first kappa shape index (κ1) is 22.9. The lowest BCUT2D eigenvalue weighted by molar-refractivity contribution is -0.146. The van der Waals surface area contributed by atoms with Crippen LogP contribution in [0.4, 0.5) is 0 Å². The third kappa shape index (κ3) is 5.45. The Morgan fingerprint density at radius 1 is 0.909 bits per heavy atom. The Kier molecular flexibility index (Phi) is 6.78. The Balaban J connectivity index is 1.01. The van der Waals surface area contributed by atoms with E-state index >= 15 is 0 Å². The van der Waals surface area contributed by atoms with Crippen LogP contribution in [0.2, 0.25) is 0 Å². The van der Waals surface area contributed by atoms with Crippen LogP contribution in [0, 0.1) is 29.1 Å². The molecule has 0 radical (unpaired) electrons. The molecule has 1 aromatic carbocycles. The van der Waals surface area contributed by atoms with Crippen LogP contribution in [0.25, 0.3) is 0 Å². The number of piperidine rings is 1. The van der Waals surface area contributed by atoms with E-state index in [-0.39, 0.29) is 17.2 Å². The standard InChI is InChI=1S/C28H41N3O2/c1-20-7-10-31(11-8-20)19-22-4-2-21(3-5-22)18-30-26(32)6-9-29-27(33)28-15-23-12-24(16-28)14-25(13-23)17-28/h2-5,20,23-25H,6-19H2,1H3,(H,29,33)(H,30,32). The van der Waals surface area contributed by atoms with Gasteiger partial charge in [-0.05, 0) is 99.3 Å². The molecular weight excluding hydrogens is 410 g/mol. The maximum atomic E-state index is 13.0. The molecule has 4 saturated carbocycles. The number of hydrogen-bond acceptors (Lipinski definition) is 3. The maximum Gasteiger partial charge on any atom is 0.226 e. The van der Waals surface area contributed by atoms with Gasteiger partial charge in [0.25, 0.3) is 0 Å². The van der Waals surface area contributed by atoms with Gasteiger partial charge in [-0.3, -0.25) is 14.5 Å². The van der Waals surface area contributed by atoms with E-state index in [1.165, 1.54) is 50.8 Å². The highest BCUT2D eigenvalue weighted by atomic mass is 16.2. The average Bonchev–Trinajstić information content (AvgIpc) is 2.79. The average molecular weight is 452 g/mol. The van der Waals surface area contributed by atoms with Crippen LogP contribution in [-0.2, 0) is 22.7 Å². The largest absolute Gasteiger partial charge is 0.355 e. The maximum absolute atomic E-state index is 13.0. The number of nitrogens with zero attached hydrogens (tertiary/aromatic N) is 1. The van der Waals surface area contributed by atoms with E-state index < -0.39 is 0 Å². The molecule has 0 spiro atoms. The highest BCUT2D eigenvalue weighted by Crippen LogP contribution is 2.60. The minimum atomic E-state index is -0.126. The fourth-order valence-corrected chi connectivity index (χ4v) is 7.40. The van der Waals surface area contributed by atoms with Crippen molar-refractivity contribution in [3.63, 3.8) is 0 Å². The Morgan fingerprint density at radius 2 is 1.48 bits per heavy atom. The van der Waals surface area contributed by atoms with Crippen molar-refractivity contribution in [2.45, 2.75) is 77.8 Å². The summed E-state index contributed by atoms with van der Waals surface area (Å²) < 4.78 is 0. The third-order valence-electron chi connectivity index (χ3n) is 8.95. The van der Waals surface area contributed by atoms with E-state index in [9.17, 15) is 9.59 Å². The molecule has 5 fully saturated rings. The summed E-state index contributed by atoms with van der Waals surface area (Å²) in [5.74, 6) is 3.37. The Morgan fingerprint density at radius 3 is 2.09 bits per heavy atom. The highest BCUT2D eigenvalue weighted by Gasteiger charge is 2.54. The lowest BCUT2D eigenvalue weighted by atomic mass is 9.49. The first-order valence-electron chi connectivity index (χ1n) is 13.3. The van der Waals surface area contributed by atoms with Gasteiger partial charge in [0.2, 0.25) is 11.8 Å². The van der Waals surface area contributed by atoms with Gasteiger partial charge in [-0.1, -0.05) is 31.2 Å². The zero-order chi connectivity index (χ0) is 22.8. The summed E-state index contributed by atoms with van der Waals surface area (Å²) in [5.41, 5.74) is 2.34. The Hall–Kier alpha value is -1.88. The fourth-order valence-electron chi connectivity index (χ4n) is 7.40. The van der Waals surface area contributed by atoms with Crippen LogP contribution in [0.1, 0.15) is 75.8 Å². The van der Waals surface area contributed by atoms with Gasteiger partial charge in [-0.2, -0.15) is 0 Å². The third-order valence-corrected chi connectivity index (χ3v) is 8.95. The smallest absolute Gasteiger partial charge is 0.226 e. The second kappa shape index (κ2) is 9.77. The number of rotatable bonds is 8. The Labute approximate surface area is 199 Å². The summed E-state index contributed by atoms with van der Waals surface area (Å²) >= 11 is 0. The molecule has 6 rings (SSSR count). The molecule has 4 aliphatic carbocycles. The predicted octanol–water partition coefficient (Wildman–Crippen LogP) is 4.26. The SMILES string of the molecule is CC1CCN(Cc2ccc(CNC(=O)CCNC(=O)C34CC5CC(CC(C5)C3)C4)cc2)CC1. The van der Waals surface area contributed by atoms with Gasteiger partial charge < -0.3 is 10.6 Å². The monoisotopic (exact) mass is 451 g/mol. The summed E-state index contributed by atoms with van der Waals surface area (Å²) in [7, 11) is 0. The van der Waals surface area contributed by atoms with Gasteiger partial charge in [-0.15, -0.1) is 0 Å². The van der Waals surface area contributed by atoms with Gasteiger partial charge in [0, 0.05) is 31.5 Å². The molecule has 1 aliphatic heterocycles. The van der Waals surface area contributed by atoms with Crippen molar-refractivity contribution in [3.05, 3.63) is 35.4 Å². The second-order valence-electron chi connectivity index (χ2n) is 11.8. The summed E-state index contributed by atoms with van der Waals surface area (Å²) in [6.07, 6.45) is 10.2. The molecule has 33 heavy (non-hydrogen) atoms. The predicted molar refractivity (Wildman–Crippen MR) is 130 cm³/mol. The molecule has 0 aromatic heterocycles. The van der Waals surface area contributed by atoms with E-state index in [4.69, 9.17) is 0 Å². The van der Waals surface area contributed by atoms with Gasteiger partial charge in [0.15, 0.2) is 0 Å². The van der Waals surface area contributed by atoms with Crippen LogP contribution >= 0.6 is 0 Å². The van der Waals surface area contributed by atoms with Crippen molar-refractivity contribution in [3.8, 4) is 0 Å². The molecule has 5 heteroatoms. The summed E-state index contributed by atoms with van der Waals surface area (Å²) in [6.45, 7) is 6.74. The molecule has 0 atom stereocenters. The van der Waals surface area contributed by atoms with Crippen LogP contribution in [-0.4, -0.2) is 36.3 Å². The van der Waals surface area contributed by atoms with Crippen molar-refractivity contribution >= 4 is 11.8 Å². The van der Waals surface area contributed by atoms with Crippen molar-refractivity contribution < 1.29 is 9.59 Å². The molecule has 1 saturated heterocycles. The van der Waals surface area contributed by atoms with Crippen LogP contribution in [0.3, 0.4) is 0 Å². The molecular formula is C28H41N3O2. The molecule has 5 nitrogen and oxygen atoms in total. The molecule has 1 aromatic rings. The summed E-state index contributed by atoms with van der Waals surface area (Å²) in [5, 5.41) is 6.13. The Bertz CT molecular complexity index is 806. The van der Waals surface area contributed by atoms with E-state index in [0.717, 1.165) is 55.0 Å². The summed E-state index contributed by atoms with van der Waals surface area (Å²) in [4.78, 5) is 27.9. The van der Waals surface area contributed by atoms with Crippen LogP contribution < -0.4 is 10.6 Å². The van der Waals surface area contributed by atoms with Crippen molar-refractivity contribution in [1.29, 1.82) is 0 Å². The molecule has 5 aliphatic rings. The zero-order valence-electron chi connectivity index (χ0n) is 20.3. The van der Waals surface area contributed by atoms with Crippen molar-refractivity contribution in [1.82, 2.24) is 15.5 Å². The number of benzene rings is 1. The number of carbonyl (C=O) groups excluding carboxylic acids is 2. The van der Waals surface area contributed by atoms with Crippen molar-refractivity contribution in [2.75, 3.05) is 19.6 Å². The topological polar surface area (TPSA) is 61.4 Å². The number of hydrogen-bond donors (Lipinski definition) is 2. The molecule has 0 unspecified atom stereocenters. The lowest BCUT2D eigenvalue weighted by Crippen LogP contribution is -2.53. The normalized spacial score (nSPS) is 31.5. The van der Waals surface area contributed by atoms with E-state index in [2.05, 4.69) is 46.7 Å². The minimum absolute atomic E-state index is 0.00678. The van der Waals surface area contributed by atoms with Gasteiger partial charge >= 0.3 is 0 Å². The quantitative estimate of drug-likeness (QED) is 0.621. The molecule has 4 bridgehead atoms. The fraction of sp³-hybridized carbons (Fsp3) is 0.714. The molecule has 1 heterocycles. The van der Waals surface area contributed by atoms with Gasteiger partial charge in [0.05, 0.1) is 0 Å². The minimum Gasteiger partial charge on any atom is -0.355 e. The number of nitrogens with one attached hydrogen (secondary N) is 2. The van der Waals surface area contributed by atoms with E-state index in [0.29, 0.717) is 19.5 Å². The molecule has 2 amide bonds. The van der Waals surface area contributed by atoms with Gasteiger partial charge in [0.1, 0.15) is 0 Å². The lowest BCUT2D eigenvalue weighted by Gasteiger charge is -2.55. The number of amides is 2. The first-order chi connectivity index (χ1) is 16.0.